The minimum Gasteiger partial charge on any atom is -0.398 e. The number of aldehydes is 1. The molecule has 0 fully saturated rings. The first-order valence-electron chi connectivity index (χ1n) is 19.4. The standard InChI is InChI=1S/C25H25N.C18H19N.C6H5NO/c1-18-6-4-7-20-13-15-25(23(18)20)16-14-21-9-5-8-19(24(21)25)11-12-22-10-2-3-17-26-22;1-12-4-2-5-13-8-10-18(16(12)13)11-9-14-6-3-7-15(19)17(14)18;8-5-6-3-1-2-4-7-6/h2-10,17H,11-16H2,1H3;2-7H,8-11,19H2,1H3;1-5H/t25-;18-;/m11./s1. The zero-order valence-corrected chi connectivity index (χ0v) is 31.1. The summed E-state index contributed by atoms with van der Waals surface area (Å²) in [5.74, 6) is 0. The van der Waals surface area contributed by atoms with Gasteiger partial charge < -0.3 is 5.73 Å². The first-order chi connectivity index (χ1) is 25.9. The number of rotatable bonds is 4. The molecule has 0 radical (unpaired) electrons. The van der Waals surface area contributed by atoms with Crippen molar-refractivity contribution in [1.82, 2.24) is 9.97 Å². The molecule has 4 aromatic carbocycles. The van der Waals surface area contributed by atoms with E-state index < -0.39 is 0 Å². The Bertz CT molecular complexity index is 2200. The van der Waals surface area contributed by atoms with Gasteiger partial charge in [0.2, 0.25) is 0 Å². The number of hydrogen-bond donors (Lipinski definition) is 1. The molecule has 0 unspecified atom stereocenters. The maximum Gasteiger partial charge on any atom is 0.168 e. The van der Waals surface area contributed by atoms with Gasteiger partial charge in [0.1, 0.15) is 5.69 Å². The van der Waals surface area contributed by atoms with Crippen LogP contribution in [0.4, 0.5) is 5.69 Å². The van der Waals surface area contributed by atoms with Crippen molar-refractivity contribution in [2.24, 2.45) is 0 Å². The number of nitrogens with zero attached hydrogens (tertiary/aromatic N) is 2. The highest BCUT2D eigenvalue weighted by molar-refractivity contribution is 5.71. The molecule has 4 aliphatic rings. The minimum atomic E-state index is 0.210. The Morgan fingerprint density at radius 2 is 1.06 bits per heavy atom. The maximum absolute atomic E-state index is 9.94. The summed E-state index contributed by atoms with van der Waals surface area (Å²) in [4.78, 5) is 18.2. The third-order valence-corrected chi connectivity index (χ3v) is 12.5. The van der Waals surface area contributed by atoms with Crippen molar-refractivity contribution in [3.05, 3.63) is 194 Å². The summed E-state index contributed by atoms with van der Waals surface area (Å²) in [6, 6.07) is 38.5. The highest BCUT2D eigenvalue weighted by Crippen LogP contribution is 2.56. The van der Waals surface area contributed by atoms with Gasteiger partial charge in [0, 0.05) is 34.6 Å². The van der Waals surface area contributed by atoms with Crippen LogP contribution in [0.25, 0.3) is 0 Å². The molecule has 0 aliphatic heterocycles. The van der Waals surface area contributed by atoms with E-state index in [1.54, 1.807) is 57.8 Å². The van der Waals surface area contributed by atoms with Crippen LogP contribution in [0.15, 0.2) is 122 Å². The molecule has 2 N–H and O–H groups in total. The van der Waals surface area contributed by atoms with Gasteiger partial charge in [0.15, 0.2) is 6.29 Å². The SMILES string of the molecule is Cc1cccc2c1[C@@]1(CC2)CCc2cccc(CCc3ccccn3)c21.Cc1cccc2c1[C@@]1(CC2)CCc2cccc(N)c21.O=Cc1ccccn1. The van der Waals surface area contributed by atoms with Crippen LogP contribution >= 0.6 is 0 Å². The number of nitrogens with two attached hydrogens (primary N) is 1. The van der Waals surface area contributed by atoms with Gasteiger partial charge in [0.25, 0.3) is 0 Å². The van der Waals surface area contributed by atoms with Crippen LogP contribution in [0.1, 0.15) is 103 Å². The molecule has 4 nitrogen and oxygen atoms in total. The van der Waals surface area contributed by atoms with E-state index in [0.717, 1.165) is 24.8 Å². The van der Waals surface area contributed by atoms with Gasteiger partial charge >= 0.3 is 0 Å². The molecule has 2 spiro atoms. The zero-order valence-electron chi connectivity index (χ0n) is 31.1. The fourth-order valence-electron chi connectivity index (χ4n) is 10.5. The Labute approximate surface area is 314 Å². The number of aromatic nitrogens is 2. The number of aryl methyl sites for hydroxylation is 8. The Morgan fingerprint density at radius 3 is 1.58 bits per heavy atom. The van der Waals surface area contributed by atoms with Crippen molar-refractivity contribution in [3.63, 3.8) is 0 Å². The topological polar surface area (TPSA) is 68.9 Å². The smallest absolute Gasteiger partial charge is 0.168 e. The van der Waals surface area contributed by atoms with Crippen LogP contribution < -0.4 is 5.73 Å². The van der Waals surface area contributed by atoms with Gasteiger partial charge in [-0.25, -0.2) is 0 Å². The number of nitrogen functional groups attached to an aromatic ring is 1. The molecular weight excluding hydrogens is 647 g/mol. The van der Waals surface area contributed by atoms with Crippen molar-refractivity contribution in [3.8, 4) is 0 Å². The van der Waals surface area contributed by atoms with Gasteiger partial charge in [-0.1, -0.05) is 78.9 Å². The van der Waals surface area contributed by atoms with Crippen LogP contribution in [0, 0.1) is 13.8 Å². The predicted octanol–water partition coefficient (Wildman–Crippen LogP) is 10.0. The van der Waals surface area contributed by atoms with Gasteiger partial charge in [-0.3, -0.25) is 14.8 Å². The summed E-state index contributed by atoms with van der Waals surface area (Å²) in [7, 11) is 0. The fourth-order valence-corrected chi connectivity index (χ4v) is 10.5. The van der Waals surface area contributed by atoms with Gasteiger partial charge in [-0.05, 0) is 170 Å². The van der Waals surface area contributed by atoms with E-state index in [1.165, 1.54) is 84.9 Å². The summed E-state index contributed by atoms with van der Waals surface area (Å²) in [6.45, 7) is 4.56. The summed E-state index contributed by atoms with van der Waals surface area (Å²) in [6.07, 6.45) is 16.2. The monoisotopic (exact) mass is 695 g/mol. The van der Waals surface area contributed by atoms with Gasteiger partial charge in [0.05, 0.1) is 0 Å². The molecule has 53 heavy (non-hydrogen) atoms. The van der Waals surface area contributed by atoms with Crippen LogP contribution in [0.3, 0.4) is 0 Å². The van der Waals surface area contributed by atoms with E-state index in [1.807, 2.05) is 12.3 Å². The zero-order chi connectivity index (χ0) is 36.4. The lowest BCUT2D eigenvalue weighted by Gasteiger charge is -2.30. The van der Waals surface area contributed by atoms with Crippen molar-refractivity contribution < 1.29 is 4.79 Å². The lowest BCUT2D eigenvalue weighted by molar-refractivity contribution is 0.111. The average Bonchev–Trinajstić information content (AvgIpc) is 3.98. The molecule has 0 bridgehead atoms. The molecule has 0 amide bonds. The van der Waals surface area contributed by atoms with E-state index >= 15 is 0 Å². The molecule has 0 saturated heterocycles. The molecule has 0 saturated carbocycles. The lowest BCUT2D eigenvalue weighted by atomic mass is 9.73. The largest absolute Gasteiger partial charge is 0.398 e. The molecule has 4 aliphatic carbocycles. The van der Waals surface area contributed by atoms with Crippen LogP contribution in [-0.4, -0.2) is 16.3 Å². The Kier molecular flexibility index (Phi) is 9.55. The van der Waals surface area contributed by atoms with Gasteiger partial charge in [-0.2, -0.15) is 0 Å². The number of fused-ring (bicyclic) bond motifs is 8. The number of anilines is 1. The fraction of sp³-hybridized carbons (Fsp3) is 0.286. The normalized spacial score (nSPS) is 19.7. The van der Waals surface area contributed by atoms with Crippen molar-refractivity contribution in [2.75, 3.05) is 5.73 Å². The van der Waals surface area contributed by atoms with E-state index in [0.29, 0.717) is 5.69 Å². The third kappa shape index (κ3) is 6.28. The van der Waals surface area contributed by atoms with Crippen molar-refractivity contribution >= 4 is 12.0 Å². The van der Waals surface area contributed by atoms with Crippen molar-refractivity contribution in [1.29, 1.82) is 0 Å². The van der Waals surface area contributed by atoms with E-state index in [2.05, 4.69) is 109 Å². The average molecular weight is 696 g/mol. The van der Waals surface area contributed by atoms with E-state index in [9.17, 15) is 4.79 Å². The molecular formula is C49H49N3O. The molecule has 10 rings (SSSR count). The Balaban J connectivity index is 0.000000129. The Morgan fingerprint density at radius 1 is 0.547 bits per heavy atom. The summed E-state index contributed by atoms with van der Waals surface area (Å²) in [5, 5.41) is 0. The number of carbonyl (C=O) groups excluding carboxylic acids is 1. The van der Waals surface area contributed by atoms with Gasteiger partial charge in [-0.15, -0.1) is 0 Å². The quantitative estimate of drug-likeness (QED) is 0.147. The molecule has 2 heterocycles. The minimum absolute atomic E-state index is 0.210. The number of carbonyl (C=O) groups is 1. The lowest BCUT2D eigenvalue weighted by Crippen LogP contribution is -2.24. The second-order valence-electron chi connectivity index (χ2n) is 15.4. The molecule has 2 aromatic heterocycles. The third-order valence-electron chi connectivity index (χ3n) is 12.5. The summed E-state index contributed by atoms with van der Waals surface area (Å²) < 4.78 is 0. The molecule has 266 valence electrons. The predicted molar refractivity (Wildman–Crippen MR) is 216 cm³/mol. The van der Waals surface area contributed by atoms with E-state index in [4.69, 9.17) is 5.73 Å². The first kappa shape index (κ1) is 34.7. The number of hydrogen-bond acceptors (Lipinski definition) is 4. The molecule has 2 atom stereocenters. The second-order valence-corrected chi connectivity index (χ2v) is 15.4. The highest BCUT2D eigenvalue weighted by Gasteiger charge is 2.47. The summed E-state index contributed by atoms with van der Waals surface area (Å²) >= 11 is 0. The molecule has 6 aromatic rings. The number of pyridine rings is 2. The first-order valence-corrected chi connectivity index (χ1v) is 19.4. The number of benzene rings is 4. The highest BCUT2D eigenvalue weighted by atomic mass is 16.1. The molecule has 4 heteroatoms. The maximum atomic E-state index is 9.94. The van der Waals surface area contributed by atoms with Crippen LogP contribution in [0.5, 0.6) is 0 Å². The van der Waals surface area contributed by atoms with E-state index in [-0.39, 0.29) is 10.8 Å². The summed E-state index contributed by atoms with van der Waals surface area (Å²) in [5.41, 5.74) is 26.4. The van der Waals surface area contributed by atoms with Crippen LogP contribution in [0.2, 0.25) is 0 Å². The van der Waals surface area contributed by atoms with Crippen LogP contribution in [-0.2, 0) is 49.4 Å². The van der Waals surface area contributed by atoms with Crippen molar-refractivity contribution in [2.45, 2.75) is 88.9 Å². The Hall–Kier alpha value is -5.35. The second kappa shape index (κ2) is 14.6.